The molecule has 7 heteroatoms. The van der Waals surface area contributed by atoms with Crippen LogP contribution in [0.2, 0.25) is 0 Å². The van der Waals surface area contributed by atoms with Gasteiger partial charge in [0.15, 0.2) is 0 Å². The van der Waals surface area contributed by atoms with Crippen LogP contribution in [0.5, 0.6) is 5.75 Å². The SMILES string of the molecule is NNc1cccc(NC2COc3ccccc32)c1[N+](=O)[O-]. The van der Waals surface area contributed by atoms with Gasteiger partial charge in [0.2, 0.25) is 0 Å². The Labute approximate surface area is 120 Å². The van der Waals surface area contributed by atoms with Crippen LogP contribution in [0.15, 0.2) is 42.5 Å². The lowest BCUT2D eigenvalue weighted by Crippen LogP contribution is -2.15. The van der Waals surface area contributed by atoms with Crippen LogP contribution in [0.3, 0.4) is 0 Å². The van der Waals surface area contributed by atoms with Crippen LogP contribution in [0.4, 0.5) is 17.1 Å². The average Bonchev–Trinajstić information content (AvgIpc) is 2.90. The zero-order valence-electron chi connectivity index (χ0n) is 11.1. The number of nitro benzene ring substituents is 1. The van der Waals surface area contributed by atoms with Gasteiger partial charge in [0.1, 0.15) is 23.7 Å². The Balaban J connectivity index is 1.95. The molecule has 0 spiro atoms. The number of nitrogen functional groups attached to an aromatic ring is 1. The van der Waals surface area contributed by atoms with Gasteiger partial charge in [-0.3, -0.25) is 16.0 Å². The van der Waals surface area contributed by atoms with Crippen molar-refractivity contribution >= 4 is 17.1 Å². The molecular weight excluding hydrogens is 272 g/mol. The minimum absolute atomic E-state index is 0.0793. The molecule has 7 nitrogen and oxygen atoms in total. The number of hydrogen-bond acceptors (Lipinski definition) is 6. The van der Waals surface area contributed by atoms with Crippen molar-refractivity contribution in [3.05, 3.63) is 58.1 Å². The molecule has 1 aliphatic rings. The van der Waals surface area contributed by atoms with Gasteiger partial charge in [-0.05, 0) is 18.2 Å². The minimum Gasteiger partial charge on any atom is -0.491 e. The summed E-state index contributed by atoms with van der Waals surface area (Å²) in [5.74, 6) is 6.13. The molecule has 1 heterocycles. The van der Waals surface area contributed by atoms with Gasteiger partial charge in [-0.1, -0.05) is 24.3 Å². The van der Waals surface area contributed by atoms with Crippen molar-refractivity contribution in [2.24, 2.45) is 5.84 Å². The van der Waals surface area contributed by atoms with Crippen molar-refractivity contribution in [3.8, 4) is 5.75 Å². The molecule has 0 aliphatic carbocycles. The lowest BCUT2D eigenvalue weighted by Gasteiger charge is -2.14. The van der Waals surface area contributed by atoms with Crippen LogP contribution in [-0.2, 0) is 0 Å². The number of ether oxygens (including phenoxy) is 1. The molecule has 0 fully saturated rings. The van der Waals surface area contributed by atoms with Crippen molar-refractivity contribution in [1.29, 1.82) is 0 Å². The fraction of sp³-hybridized carbons (Fsp3) is 0.143. The van der Waals surface area contributed by atoms with E-state index >= 15 is 0 Å². The number of para-hydroxylation sites is 2. The van der Waals surface area contributed by atoms with E-state index in [4.69, 9.17) is 10.6 Å². The Morgan fingerprint density at radius 2 is 1.95 bits per heavy atom. The fourth-order valence-corrected chi connectivity index (χ4v) is 2.44. The summed E-state index contributed by atoms with van der Waals surface area (Å²) in [7, 11) is 0. The highest BCUT2D eigenvalue weighted by Crippen LogP contribution is 2.38. The molecule has 0 aromatic heterocycles. The Hall–Kier alpha value is -2.80. The molecule has 1 unspecified atom stereocenters. The summed E-state index contributed by atoms with van der Waals surface area (Å²) >= 11 is 0. The summed E-state index contributed by atoms with van der Waals surface area (Å²) in [5.41, 5.74) is 3.92. The maximum absolute atomic E-state index is 11.3. The maximum atomic E-state index is 11.3. The third kappa shape index (κ3) is 2.34. The number of nitrogens with two attached hydrogens (primary N) is 1. The molecule has 0 bridgehead atoms. The molecule has 1 aliphatic heterocycles. The van der Waals surface area contributed by atoms with Gasteiger partial charge in [-0.2, -0.15) is 0 Å². The standard InChI is InChI=1S/C14H14N4O3/c15-17-11-6-3-5-10(14(11)18(19)20)16-12-8-21-13-7-2-1-4-9(12)13/h1-7,12,16-17H,8,15H2. The van der Waals surface area contributed by atoms with E-state index in [1.807, 2.05) is 24.3 Å². The predicted molar refractivity (Wildman–Crippen MR) is 79.2 cm³/mol. The highest BCUT2D eigenvalue weighted by Gasteiger charge is 2.27. The first-order chi connectivity index (χ1) is 10.2. The zero-order chi connectivity index (χ0) is 14.8. The average molecular weight is 286 g/mol. The van der Waals surface area contributed by atoms with E-state index in [9.17, 15) is 10.1 Å². The minimum atomic E-state index is -0.459. The van der Waals surface area contributed by atoms with E-state index in [1.165, 1.54) is 0 Å². The second kappa shape index (κ2) is 5.29. The Bertz CT molecular complexity index is 690. The third-order valence-electron chi connectivity index (χ3n) is 3.40. The molecular formula is C14H14N4O3. The van der Waals surface area contributed by atoms with Crippen molar-refractivity contribution in [2.75, 3.05) is 17.3 Å². The number of nitrogens with one attached hydrogen (secondary N) is 2. The van der Waals surface area contributed by atoms with Crippen LogP contribution in [0, 0.1) is 10.1 Å². The number of benzene rings is 2. The van der Waals surface area contributed by atoms with Crippen LogP contribution in [0.25, 0.3) is 0 Å². The van der Waals surface area contributed by atoms with Crippen LogP contribution in [0.1, 0.15) is 11.6 Å². The first kappa shape index (κ1) is 13.2. The summed E-state index contributed by atoms with van der Waals surface area (Å²) in [6, 6.07) is 12.4. The molecule has 0 amide bonds. The van der Waals surface area contributed by atoms with E-state index < -0.39 is 4.92 Å². The molecule has 2 aromatic carbocycles. The van der Waals surface area contributed by atoms with Gasteiger partial charge < -0.3 is 15.5 Å². The highest BCUT2D eigenvalue weighted by atomic mass is 16.6. The quantitative estimate of drug-likeness (QED) is 0.453. The van der Waals surface area contributed by atoms with Crippen LogP contribution < -0.4 is 21.3 Å². The number of nitro groups is 1. The van der Waals surface area contributed by atoms with E-state index in [2.05, 4.69) is 10.7 Å². The molecule has 2 aromatic rings. The molecule has 3 rings (SSSR count). The lowest BCUT2D eigenvalue weighted by molar-refractivity contribution is -0.383. The van der Waals surface area contributed by atoms with E-state index in [0.717, 1.165) is 11.3 Å². The fourth-order valence-electron chi connectivity index (χ4n) is 2.44. The zero-order valence-corrected chi connectivity index (χ0v) is 11.1. The number of anilines is 2. The van der Waals surface area contributed by atoms with Gasteiger partial charge in [0.25, 0.3) is 0 Å². The highest BCUT2D eigenvalue weighted by molar-refractivity contribution is 5.76. The van der Waals surface area contributed by atoms with Crippen molar-refractivity contribution in [3.63, 3.8) is 0 Å². The summed E-state index contributed by atoms with van der Waals surface area (Å²) < 4.78 is 5.57. The first-order valence-corrected chi connectivity index (χ1v) is 6.43. The molecule has 0 saturated heterocycles. The second-order valence-electron chi connectivity index (χ2n) is 4.65. The number of nitrogens with zero attached hydrogens (tertiary/aromatic N) is 1. The monoisotopic (exact) mass is 286 g/mol. The smallest absolute Gasteiger partial charge is 0.316 e. The summed E-state index contributed by atoms with van der Waals surface area (Å²) in [4.78, 5) is 10.8. The normalized spacial score (nSPS) is 16.0. The summed E-state index contributed by atoms with van der Waals surface area (Å²) in [6.45, 7) is 0.427. The molecule has 0 saturated carbocycles. The molecule has 1 atom stereocenters. The van der Waals surface area contributed by atoms with Gasteiger partial charge in [0, 0.05) is 5.56 Å². The van der Waals surface area contributed by atoms with E-state index in [1.54, 1.807) is 18.2 Å². The Morgan fingerprint density at radius 1 is 1.19 bits per heavy atom. The molecule has 4 N–H and O–H groups in total. The molecule has 21 heavy (non-hydrogen) atoms. The molecule has 0 radical (unpaired) electrons. The summed E-state index contributed by atoms with van der Waals surface area (Å²) in [5, 5.41) is 14.4. The largest absolute Gasteiger partial charge is 0.491 e. The number of rotatable bonds is 4. The van der Waals surface area contributed by atoms with Crippen LogP contribution in [-0.4, -0.2) is 11.5 Å². The van der Waals surface area contributed by atoms with Gasteiger partial charge in [0.05, 0.1) is 11.0 Å². The third-order valence-corrected chi connectivity index (χ3v) is 3.40. The first-order valence-electron chi connectivity index (χ1n) is 6.43. The number of fused-ring (bicyclic) bond motifs is 1. The Morgan fingerprint density at radius 3 is 2.71 bits per heavy atom. The van der Waals surface area contributed by atoms with Crippen molar-refractivity contribution < 1.29 is 9.66 Å². The Kier molecular flexibility index (Phi) is 3.33. The van der Waals surface area contributed by atoms with Gasteiger partial charge in [-0.15, -0.1) is 0 Å². The summed E-state index contributed by atoms with van der Waals surface area (Å²) in [6.07, 6.45) is 0. The van der Waals surface area contributed by atoms with Crippen LogP contribution >= 0.6 is 0 Å². The molecule has 108 valence electrons. The number of hydrazine groups is 1. The maximum Gasteiger partial charge on any atom is 0.316 e. The van der Waals surface area contributed by atoms with Crippen molar-refractivity contribution in [2.45, 2.75) is 6.04 Å². The predicted octanol–water partition coefficient (Wildman–Crippen LogP) is 2.43. The lowest BCUT2D eigenvalue weighted by atomic mass is 10.1. The van der Waals surface area contributed by atoms with E-state index in [-0.39, 0.29) is 17.4 Å². The van der Waals surface area contributed by atoms with E-state index in [0.29, 0.717) is 12.3 Å². The second-order valence-corrected chi connectivity index (χ2v) is 4.65. The van der Waals surface area contributed by atoms with Crippen molar-refractivity contribution in [1.82, 2.24) is 0 Å². The number of hydrogen-bond donors (Lipinski definition) is 3. The van der Waals surface area contributed by atoms with Gasteiger partial charge in [-0.25, -0.2) is 0 Å². The van der Waals surface area contributed by atoms with Gasteiger partial charge >= 0.3 is 5.69 Å². The topological polar surface area (TPSA) is 102 Å².